The fraction of sp³-hybridized carbons (Fsp3) is 0.480. The second-order valence-electron chi connectivity index (χ2n) is 8.73. The van der Waals surface area contributed by atoms with Gasteiger partial charge in [0.2, 0.25) is 0 Å². The van der Waals surface area contributed by atoms with Crippen molar-refractivity contribution in [3.8, 4) is 17.2 Å². The van der Waals surface area contributed by atoms with Crippen LogP contribution in [0.2, 0.25) is 0 Å². The van der Waals surface area contributed by atoms with Crippen LogP contribution in [0, 0.1) is 0 Å². The summed E-state index contributed by atoms with van der Waals surface area (Å²) in [5.74, 6) is 1.58. The van der Waals surface area contributed by atoms with Crippen LogP contribution in [0.5, 0.6) is 17.2 Å². The summed E-state index contributed by atoms with van der Waals surface area (Å²) >= 11 is 0. The van der Waals surface area contributed by atoms with Gasteiger partial charge < -0.3 is 24.2 Å². The van der Waals surface area contributed by atoms with Crippen molar-refractivity contribution < 1.29 is 32.5 Å². The summed E-state index contributed by atoms with van der Waals surface area (Å²) in [6.07, 6.45) is 1.35. The molecule has 2 fully saturated rings. The minimum atomic E-state index is -3.31. The number of benzene rings is 2. The van der Waals surface area contributed by atoms with Gasteiger partial charge in [0.05, 0.1) is 12.9 Å². The number of nitrogens with zero attached hydrogens (tertiary/aromatic N) is 1. The summed E-state index contributed by atoms with van der Waals surface area (Å²) in [7, 11) is -1.83. The number of aliphatic hydroxyl groups is 1. The van der Waals surface area contributed by atoms with Crippen molar-refractivity contribution in [3.63, 3.8) is 0 Å². The van der Waals surface area contributed by atoms with E-state index in [-0.39, 0.29) is 24.0 Å². The molecule has 2 aliphatic rings. The minimum Gasteiger partial charge on any atom is -0.493 e. The summed E-state index contributed by atoms with van der Waals surface area (Å²) < 4.78 is 40.3. The molecule has 0 bridgehead atoms. The van der Waals surface area contributed by atoms with Crippen LogP contribution < -0.4 is 19.1 Å². The van der Waals surface area contributed by atoms with E-state index >= 15 is 0 Å². The van der Waals surface area contributed by atoms with E-state index in [4.69, 9.17) is 14.2 Å². The summed E-state index contributed by atoms with van der Waals surface area (Å²) in [5.41, 5.74) is 1.97. The third-order valence-corrected chi connectivity index (χ3v) is 7.91. The van der Waals surface area contributed by atoms with E-state index in [1.807, 2.05) is 12.1 Å². The standard InChI is InChI=1S/C25H31NO7S/c1-3-34(29,30)16-20(27)15-32-22-11-8-19(14-24(22)31-2)26-13-12-23(25(26)28)33-21-9-6-18(7-10-21)17-4-5-17/h6-11,14,17,20,23,27H,3-5,12-13,15-16H2,1-2H3/t20-,23?/m0/s1. The van der Waals surface area contributed by atoms with Crippen molar-refractivity contribution in [2.24, 2.45) is 0 Å². The highest BCUT2D eigenvalue weighted by atomic mass is 32.2. The van der Waals surface area contributed by atoms with Crippen molar-refractivity contribution in [2.75, 3.05) is 36.7 Å². The molecule has 1 heterocycles. The van der Waals surface area contributed by atoms with Crippen molar-refractivity contribution in [2.45, 2.75) is 44.3 Å². The van der Waals surface area contributed by atoms with Crippen molar-refractivity contribution in [1.29, 1.82) is 0 Å². The number of amides is 1. The Morgan fingerprint density at radius 1 is 1.09 bits per heavy atom. The van der Waals surface area contributed by atoms with Gasteiger partial charge >= 0.3 is 0 Å². The molecule has 2 aromatic carbocycles. The normalized spacial score (nSPS) is 19.2. The highest BCUT2D eigenvalue weighted by molar-refractivity contribution is 7.91. The monoisotopic (exact) mass is 489 g/mol. The molecule has 1 N–H and O–H groups in total. The first-order valence-electron chi connectivity index (χ1n) is 11.6. The highest BCUT2D eigenvalue weighted by Crippen LogP contribution is 2.40. The molecule has 184 valence electrons. The maximum absolute atomic E-state index is 13.0. The smallest absolute Gasteiger partial charge is 0.268 e. The van der Waals surface area contributed by atoms with Gasteiger partial charge in [-0.1, -0.05) is 19.1 Å². The Morgan fingerprint density at radius 3 is 2.47 bits per heavy atom. The number of rotatable bonds is 11. The van der Waals surface area contributed by atoms with Crippen LogP contribution in [0.15, 0.2) is 42.5 Å². The maximum Gasteiger partial charge on any atom is 0.268 e. The van der Waals surface area contributed by atoms with Crippen LogP contribution in [0.3, 0.4) is 0 Å². The van der Waals surface area contributed by atoms with Gasteiger partial charge in [-0.3, -0.25) is 4.79 Å². The first-order valence-corrected chi connectivity index (χ1v) is 13.4. The number of hydrogen-bond donors (Lipinski definition) is 1. The Balaban J connectivity index is 1.37. The van der Waals surface area contributed by atoms with E-state index in [1.165, 1.54) is 32.4 Å². The number of carbonyl (C=O) groups is 1. The lowest BCUT2D eigenvalue weighted by molar-refractivity contribution is -0.122. The maximum atomic E-state index is 13.0. The summed E-state index contributed by atoms with van der Waals surface area (Å²) in [6.45, 7) is 1.86. The zero-order valence-electron chi connectivity index (χ0n) is 19.5. The summed E-state index contributed by atoms with van der Waals surface area (Å²) in [5, 5.41) is 9.99. The molecule has 8 nitrogen and oxygen atoms in total. The lowest BCUT2D eigenvalue weighted by Gasteiger charge is -2.20. The van der Waals surface area contributed by atoms with Gasteiger partial charge in [0, 0.05) is 30.5 Å². The number of hydrogen-bond acceptors (Lipinski definition) is 7. The minimum absolute atomic E-state index is 0.0393. The van der Waals surface area contributed by atoms with Crippen LogP contribution in [-0.2, 0) is 14.6 Å². The van der Waals surface area contributed by atoms with Crippen LogP contribution in [0.1, 0.15) is 37.7 Å². The molecule has 9 heteroatoms. The van der Waals surface area contributed by atoms with Crippen molar-refractivity contribution in [3.05, 3.63) is 48.0 Å². The van der Waals surface area contributed by atoms with Gasteiger partial charge in [-0.2, -0.15) is 0 Å². The number of sulfone groups is 1. The second-order valence-corrected chi connectivity index (χ2v) is 11.1. The predicted molar refractivity (Wildman–Crippen MR) is 129 cm³/mol. The molecule has 1 saturated carbocycles. The van der Waals surface area contributed by atoms with Crippen LogP contribution in [0.25, 0.3) is 0 Å². The topological polar surface area (TPSA) is 102 Å². The molecule has 1 aliphatic carbocycles. The summed E-state index contributed by atoms with van der Waals surface area (Å²) in [4.78, 5) is 14.6. The second kappa shape index (κ2) is 10.2. The fourth-order valence-corrected chi connectivity index (χ4v) is 4.93. The van der Waals surface area contributed by atoms with Gasteiger partial charge in [-0.15, -0.1) is 0 Å². The zero-order chi connectivity index (χ0) is 24.3. The van der Waals surface area contributed by atoms with Gasteiger partial charge in [-0.05, 0) is 48.6 Å². The zero-order valence-corrected chi connectivity index (χ0v) is 20.3. The van der Waals surface area contributed by atoms with E-state index in [0.29, 0.717) is 41.8 Å². The molecule has 0 radical (unpaired) electrons. The van der Waals surface area contributed by atoms with E-state index in [1.54, 1.807) is 23.1 Å². The van der Waals surface area contributed by atoms with Gasteiger partial charge in [-0.25, -0.2) is 8.42 Å². The molecule has 0 aromatic heterocycles. The Labute approximate surface area is 200 Å². The van der Waals surface area contributed by atoms with Crippen molar-refractivity contribution >= 4 is 21.4 Å². The lowest BCUT2D eigenvalue weighted by Crippen LogP contribution is -2.32. The molecular formula is C25H31NO7S. The molecule has 4 rings (SSSR count). The first kappa shape index (κ1) is 24.3. The number of ether oxygens (including phenoxy) is 3. The quantitative estimate of drug-likeness (QED) is 0.518. The Bertz CT molecular complexity index is 1110. The molecule has 0 spiro atoms. The van der Waals surface area contributed by atoms with E-state index < -0.39 is 22.0 Å². The highest BCUT2D eigenvalue weighted by Gasteiger charge is 2.35. The number of carbonyl (C=O) groups excluding carboxylic acids is 1. The van der Waals surface area contributed by atoms with E-state index in [0.717, 1.165) is 0 Å². The molecule has 2 atom stereocenters. The SMILES string of the molecule is CCS(=O)(=O)C[C@@H](O)COc1ccc(N2CCC(Oc3ccc(C4CC4)cc3)C2=O)cc1OC. The Hall–Kier alpha value is -2.78. The number of aliphatic hydroxyl groups excluding tert-OH is 1. The average molecular weight is 490 g/mol. The lowest BCUT2D eigenvalue weighted by atomic mass is 10.1. The van der Waals surface area contributed by atoms with Crippen LogP contribution in [0.4, 0.5) is 5.69 Å². The van der Waals surface area contributed by atoms with Gasteiger partial charge in [0.25, 0.3) is 5.91 Å². The molecule has 34 heavy (non-hydrogen) atoms. The average Bonchev–Trinajstić information content (AvgIpc) is 3.62. The molecule has 2 aromatic rings. The fourth-order valence-electron chi connectivity index (χ4n) is 4.01. The molecule has 1 unspecified atom stereocenters. The van der Waals surface area contributed by atoms with Crippen LogP contribution in [-0.4, -0.2) is 63.4 Å². The van der Waals surface area contributed by atoms with Gasteiger partial charge in [0.15, 0.2) is 27.4 Å². The molecular weight excluding hydrogens is 458 g/mol. The third-order valence-electron chi connectivity index (χ3n) is 6.14. The van der Waals surface area contributed by atoms with Crippen molar-refractivity contribution in [1.82, 2.24) is 0 Å². The molecule has 1 saturated heterocycles. The third kappa shape index (κ3) is 5.82. The van der Waals surface area contributed by atoms with Gasteiger partial charge in [0.1, 0.15) is 18.5 Å². The summed E-state index contributed by atoms with van der Waals surface area (Å²) in [6, 6.07) is 13.1. The largest absolute Gasteiger partial charge is 0.493 e. The predicted octanol–water partition coefficient (Wildman–Crippen LogP) is 2.93. The molecule has 1 aliphatic heterocycles. The molecule has 1 amide bonds. The van der Waals surface area contributed by atoms with E-state index in [2.05, 4.69) is 12.1 Å². The number of anilines is 1. The Morgan fingerprint density at radius 2 is 1.82 bits per heavy atom. The van der Waals surface area contributed by atoms with Crippen LogP contribution >= 0.6 is 0 Å². The number of methoxy groups -OCH3 is 1. The Kier molecular flexibility index (Phi) is 7.33. The first-order chi connectivity index (χ1) is 16.3. The van der Waals surface area contributed by atoms with E-state index in [9.17, 15) is 18.3 Å².